The number of nitrogens with two attached hydrogens (primary N) is 1. The lowest BCUT2D eigenvalue weighted by atomic mass is 10.3. The third-order valence-electron chi connectivity index (χ3n) is 2.00. The molecule has 0 bridgehead atoms. The number of hydrogen-bond acceptors (Lipinski definition) is 5. The van der Waals surface area contributed by atoms with Crippen molar-refractivity contribution in [2.75, 3.05) is 17.3 Å². The van der Waals surface area contributed by atoms with Crippen LogP contribution in [0.1, 0.15) is 20.3 Å². The van der Waals surface area contributed by atoms with Crippen LogP contribution in [0.15, 0.2) is 18.2 Å². The van der Waals surface area contributed by atoms with Crippen LogP contribution in [0.2, 0.25) is 0 Å². The minimum Gasteiger partial charge on any atom is -0.369 e. The predicted octanol–water partition coefficient (Wildman–Crippen LogP) is 0.694. The summed E-state index contributed by atoms with van der Waals surface area (Å²) in [4.78, 5) is 15.5. The van der Waals surface area contributed by atoms with Gasteiger partial charge in [0.15, 0.2) is 0 Å². The summed E-state index contributed by atoms with van der Waals surface area (Å²) in [6.07, 6.45) is 0.417. The van der Waals surface area contributed by atoms with Gasteiger partial charge in [0.2, 0.25) is 5.91 Å². The Morgan fingerprint density at radius 3 is 2.76 bits per heavy atom. The van der Waals surface area contributed by atoms with E-state index in [1.54, 1.807) is 6.07 Å². The van der Waals surface area contributed by atoms with Crippen LogP contribution in [0.3, 0.4) is 0 Å². The molecular formula is C11H19N5O. The molecule has 0 aliphatic heterocycles. The van der Waals surface area contributed by atoms with Crippen molar-refractivity contribution in [3.63, 3.8) is 0 Å². The van der Waals surface area contributed by atoms with Gasteiger partial charge in [0.1, 0.15) is 11.6 Å². The lowest BCUT2D eigenvalue weighted by Gasteiger charge is -2.09. The van der Waals surface area contributed by atoms with Crippen molar-refractivity contribution in [1.82, 2.24) is 10.3 Å². The van der Waals surface area contributed by atoms with Crippen LogP contribution in [0.4, 0.5) is 11.6 Å². The fourth-order valence-corrected chi connectivity index (χ4v) is 1.31. The number of carbonyl (C=O) groups is 1. The number of carbonyl (C=O) groups excluding carboxylic acids is 1. The van der Waals surface area contributed by atoms with E-state index in [4.69, 9.17) is 5.84 Å². The number of anilines is 2. The molecule has 0 fully saturated rings. The van der Waals surface area contributed by atoms with Gasteiger partial charge in [-0.2, -0.15) is 0 Å². The summed E-state index contributed by atoms with van der Waals surface area (Å²) in [5.74, 6) is 6.55. The summed E-state index contributed by atoms with van der Waals surface area (Å²) in [5.41, 5.74) is 2.46. The highest BCUT2D eigenvalue weighted by Gasteiger charge is 2.02. The molecule has 0 spiro atoms. The molecule has 6 heteroatoms. The second-order valence-corrected chi connectivity index (χ2v) is 3.95. The number of hydrogen-bond donors (Lipinski definition) is 4. The first-order valence-electron chi connectivity index (χ1n) is 5.58. The second-order valence-electron chi connectivity index (χ2n) is 3.95. The monoisotopic (exact) mass is 237 g/mol. The molecule has 17 heavy (non-hydrogen) atoms. The van der Waals surface area contributed by atoms with Crippen molar-refractivity contribution in [3.05, 3.63) is 18.2 Å². The average Bonchev–Trinajstić information content (AvgIpc) is 2.28. The molecule has 0 saturated carbocycles. The minimum absolute atomic E-state index is 0.0283. The Hall–Kier alpha value is -1.82. The molecule has 1 aromatic rings. The zero-order valence-electron chi connectivity index (χ0n) is 10.2. The van der Waals surface area contributed by atoms with Crippen molar-refractivity contribution in [2.45, 2.75) is 26.3 Å². The fourth-order valence-electron chi connectivity index (χ4n) is 1.31. The Kier molecular flexibility index (Phi) is 5.22. The number of pyridine rings is 1. The predicted molar refractivity (Wildman–Crippen MR) is 68.4 cm³/mol. The molecular weight excluding hydrogens is 218 g/mol. The zero-order chi connectivity index (χ0) is 12.7. The highest BCUT2D eigenvalue weighted by molar-refractivity contribution is 5.76. The van der Waals surface area contributed by atoms with E-state index in [0.717, 1.165) is 0 Å². The highest BCUT2D eigenvalue weighted by atomic mass is 16.1. The first-order valence-corrected chi connectivity index (χ1v) is 5.58. The maximum absolute atomic E-state index is 11.4. The zero-order valence-corrected chi connectivity index (χ0v) is 10.2. The maximum Gasteiger partial charge on any atom is 0.221 e. The fraction of sp³-hybridized carbons (Fsp3) is 0.455. The van der Waals surface area contributed by atoms with Gasteiger partial charge in [-0.15, -0.1) is 0 Å². The Bertz CT molecular complexity index is 367. The third kappa shape index (κ3) is 5.17. The number of nitrogens with one attached hydrogen (secondary N) is 3. The number of hydrazine groups is 1. The van der Waals surface area contributed by atoms with Gasteiger partial charge < -0.3 is 16.1 Å². The number of amides is 1. The molecule has 0 radical (unpaired) electrons. The van der Waals surface area contributed by atoms with Crippen LogP contribution < -0.4 is 21.9 Å². The van der Waals surface area contributed by atoms with Gasteiger partial charge in [-0.25, -0.2) is 10.8 Å². The number of aromatic nitrogens is 1. The van der Waals surface area contributed by atoms with Crippen molar-refractivity contribution in [1.29, 1.82) is 0 Å². The van der Waals surface area contributed by atoms with Crippen molar-refractivity contribution in [3.8, 4) is 0 Å². The highest BCUT2D eigenvalue weighted by Crippen LogP contribution is 2.07. The van der Waals surface area contributed by atoms with Crippen LogP contribution in [0.25, 0.3) is 0 Å². The van der Waals surface area contributed by atoms with Crippen molar-refractivity contribution >= 4 is 17.5 Å². The molecule has 1 aromatic heterocycles. The summed E-state index contributed by atoms with van der Waals surface area (Å²) in [6.45, 7) is 4.41. The van der Waals surface area contributed by atoms with Crippen LogP contribution >= 0.6 is 0 Å². The van der Waals surface area contributed by atoms with E-state index >= 15 is 0 Å². The molecule has 94 valence electrons. The van der Waals surface area contributed by atoms with Gasteiger partial charge in [-0.1, -0.05) is 6.07 Å². The molecule has 0 aliphatic carbocycles. The molecule has 1 heterocycles. The molecule has 1 amide bonds. The van der Waals surface area contributed by atoms with E-state index in [1.165, 1.54) is 0 Å². The molecule has 0 aromatic carbocycles. The van der Waals surface area contributed by atoms with Gasteiger partial charge in [0.25, 0.3) is 0 Å². The first-order chi connectivity index (χ1) is 8.11. The van der Waals surface area contributed by atoms with Crippen LogP contribution in [-0.4, -0.2) is 23.5 Å². The van der Waals surface area contributed by atoms with E-state index < -0.39 is 0 Å². The van der Waals surface area contributed by atoms with E-state index in [1.807, 2.05) is 26.0 Å². The lowest BCUT2D eigenvalue weighted by Crippen LogP contribution is -2.31. The lowest BCUT2D eigenvalue weighted by molar-refractivity contribution is -0.121. The summed E-state index contributed by atoms with van der Waals surface area (Å²) in [7, 11) is 0. The number of nitrogen functional groups attached to an aromatic ring is 1. The van der Waals surface area contributed by atoms with E-state index in [2.05, 4.69) is 21.0 Å². The normalized spacial score (nSPS) is 10.1. The Morgan fingerprint density at radius 1 is 1.41 bits per heavy atom. The first kappa shape index (κ1) is 13.2. The van der Waals surface area contributed by atoms with E-state index in [9.17, 15) is 4.79 Å². The summed E-state index contributed by atoms with van der Waals surface area (Å²) in [5, 5.41) is 5.88. The third-order valence-corrected chi connectivity index (χ3v) is 2.00. The Labute approximate surface area is 101 Å². The van der Waals surface area contributed by atoms with Crippen LogP contribution in [0, 0.1) is 0 Å². The summed E-state index contributed by atoms with van der Waals surface area (Å²) >= 11 is 0. The average molecular weight is 237 g/mol. The molecule has 1 rings (SSSR count). The maximum atomic E-state index is 11.4. The quantitative estimate of drug-likeness (QED) is 0.431. The van der Waals surface area contributed by atoms with Crippen LogP contribution in [-0.2, 0) is 4.79 Å². The molecule has 0 saturated heterocycles. The number of rotatable bonds is 6. The SMILES string of the molecule is CC(C)NC(=O)CCNc1cccc(NN)n1. The molecule has 0 aliphatic rings. The summed E-state index contributed by atoms with van der Waals surface area (Å²) in [6, 6.07) is 5.58. The number of nitrogens with zero attached hydrogens (tertiary/aromatic N) is 1. The topological polar surface area (TPSA) is 92.1 Å². The van der Waals surface area contributed by atoms with Gasteiger partial charge in [-0.05, 0) is 26.0 Å². The van der Waals surface area contributed by atoms with Crippen molar-refractivity contribution < 1.29 is 4.79 Å². The minimum atomic E-state index is 0.0283. The Morgan fingerprint density at radius 2 is 2.12 bits per heavy atom. The van der Waals surface area contributed by atoms with Crippen molar-refractivity contribution in [2.24, 2.45) is 5.84 Å². The smallest absolute Gasteiger partial charge is 0.221 e. The molecule has 0 atom stereocenters. The Balaban J connectivity index is 2.32. The van der Waals surface area contributed by atoms with Crippen LogP contribution in [0.5, 0.6) is 0 Å². The van der Waals surface area contributed by atoms with Gasteiger partial charge >= 0.3 is 0 Å². The summed E-state index contributed by atoms with van der Waals surface area (Å²) < 4.78 is 0. The second kappa shape index (κ2) is 6.70. The molecule has 0 unspecified atom stereocenters. The molecule has 5 N–H and O–H groups in total. The van der Waals surface area contributed by atoms with E-state index in [-0.39, 0.29) is 11.9 Å². The van der Waals surface area contributed by atoms with Gasteiger partial charge in [0, 0.05) is 19.0 Å². The van der Waals surface area contributed by atoms with Gasteiger partial charge in [0.05, 0.1) is 0 Å². The van der Waals surface area contributed by atoms with E-state index in [0.29, 0.717) is 24.6 Å². The molecule has 6 nitrogen and oxygen atoms in total. The standard InChI is InChI=1S/C11H19N5O/c1-8(2)14-11(17)6-7-13-9-4-3-5-10(15-9)16-12/h3-5,8H,6-7,12H2,1-2H3,(H,14,17)(H2,13,15,16). The largest absolute Gasteiger partial charge is 0.369 e. The van der Waals surface area contributed by atoms with Gasteiger partial charge in [-0.3, -0.25) is 4.79 Å².